The van der Waals surface area contributed by atoms with Gasteiger partial charge in [-0.15, -0.1) is 0 Å². The van der Waals surface area contributed by atoms with Crippen molar-refractivity contribution in [1.29, 1.82) is 5.26 Å². The van der Waals surface area contributed by atoms with E-state index in [4.69, 9.17) is 26.4 Å². The molecule has 0 N–H and O–H groups in total. The highest BCUT2D eigenvalue weighted by Gasteiger charge is 2.29. The SMILES string of the molecule is C/C=C\C/C=C\C/C=C\CCCCCCCC(=O)OCC(COC(=O)CCC(C)(C#N)SC(=S)C1=CCCC=C1)OC(=O)CCCCCCC/C=C\C/C=C\C/C=C\C. The maximum absolute atomic E-state index is 12.8. The Labute approximate surface area is 367 Å². The number of rotatable bonds is 34. The molecule has 0 heterocycles. The van der Waals surface area contributed by atoms with Crippen LogP contribution in [0.3, 0.4) is 0 Å². The average molecular weight is 848 g/mol. The zero-order chi connectivity index (χ0) is 43.1. The molecule has 0 radical (unpaired) electrons. The van der Waals surface area contributed by atoms with Gasteiger partial charge >= 0.3 is 17.9 Å². The van der Waals surface area contributed by atoms with Crippen molar-refractivity contribution in [2.24, 2.45) is 0 Å². The monoisotopic (exact) mass is 847 g/mol. The van der Waals surface area contributed by atoms with Crippen molar-refractivity contribution >= 4 is 46.1 Å². The van der Waals surface area contributed by atoms with Crippen LogP contribution < -0.4 is 0 Å². The zero-order valence-corrected chi connectivity index (χ0v) is 38.1. The first kappa shape index (κ1) is 53.3. The van der Waals surface area contributed by atoms with Crippen LogP contribution in [-0.4, -0.2) is 46.2 Å². The Bertz CT molecular complexity index is 1480. The standard InChI is InChI=1S/C50H73NO6S2/c1-4-6-8-10-12-14-16-18-20-22-24-26-28-33-37-46(52)55-41-45(57-48(54)38-34-29-27-25-23-21-19-17-15-13-11-9-7-5-2)42-56-47(53)39-40-50(3,43-51)59-49(58)44-35-31-30-32-36-44/h4-7,10-13,16-19,31,35-36,45H,8-9,14-15,20-30,32-34,37-42H2,1-3H3/b6-4-,7-5-,12-10-,13-11-,18-16-,19-17-. The van der Waals surface area contributed by atoms with Gasteiger partial charge in [-0.05, 0) is 110 Å². The van der Waals surface area contributed by atoms with Crippen LogP contribution in [0.1, 0.15) is 162 Å². The molecule has 0 saturated heterocycles. The van der Waals surface area contributed by atoms with E-state index in [1.54, 1.807) is 6.92 Å². The molecule has 326 valence electrons. The molecule has 1 aliphatic carbocycles. The largest absolute Gasteiger partial charge is 0.462 e. The number of unbranched alkanes of at least 4 members (excludes halogenated alkanes) is 10. The minimum Gasteiger partial charge on any atom is -0.462 e. The minimum absolute atomic E-state index is 0.0104. The van der Waals surface area contributed by atoms with Gasteiger partial charge in [-0.25, -0.2) is 0 Å². The zero-order valence-electron chi connectivity index (χ0n) is 36.4. The quantitative estimate of drug-likeness (QED) is 0.0206. The molecular formula is C50H73NO6S2. The molecule has 7 nitrogen and oxygen atoms in total. The summed E-state index contributed by atoms with van der Waals surface area (Å²) in [6.07, 6.45) is 49.6. The summed E-state index contributed by atoms with van der Waals surface area (Å²) in [5.74, 6) is -1.29. The molecule has 1 rings (SSSR count). The van der Waals surface area contributed by atoms with E-state index < -0.39 is 22.8 Å². The molecule has 0 fully saturated rings. The maximum Gasteiger partial charge on any atom is 0.306 e. The molecule has 0 bridgehead atoms. The predicted octanol–water partition coefficient (Wildman–Crippen LogP) is 13.8. The third-order valence-corrected chi connectivity index (χ3v) is 11.1. The van der Waals surface area contributed by atoms with Gasteiger partial charge in [0.2, 0.25) is 0 Å². The molecule has 59 heavy (non-hydrogen) atoms. The van der Waals surface area contributed by atoms with Crippen molar-refractivity contribution in [1.82, 2.24) is 0 Å². The van der Waals surface area contributed by atoms with Crippen LogP contribution in [0, 0.1) is 11.3 Å². The Balaban J connectivity index is 2.50. The van der Waals surface area contributed by atoms with Crippen molar-refractivity contribution in [3.8, 4) is 6.07 Å². The number of esters is 3. The van der Waals surface area contributed by atoms with Gasteiger partial charge in [0, 0.05) is 19.3 Å². The van der Waals surface area contributed by atoms with Gasteiger partial charge in [-0.2, -0.15) is 5.26 Å². The number of nitriles is 1. The molecule has 1 aliphatic rings. The smallest absolute Gasteiger partial charge is 0.306 e. The van der Waals surface area contributed by atoms with Gasteiger partial charge in [0.15, 0.2) is 6.10 Å². The molecular weight excluding hydrogens is 775 g/mol. The molecule has 0 aromatic rings. The first-order chi connectivity index (χ1) is 28.7. The lowest BCUT2D eigenvalue weighted by atomic mass is 10.1. The number of hydrogen-bond acceptors (Lipinski definition) is 9. The van der Waals surface area contributed by atoms with E-state index in [0.717, 1.165) is 115 Å². The second kappa shape index (κ2) is 37.3. The fraction of sp³-hybridized carbons (Fsp3) is 0.580. The first-order valence-corrected chi connectivity index (χ1v) is 23.3. The summed E-state index contributed by atoms with van der Waals surface area (Å²) in [6, 6.07) is 2.30. The number of carbonyl (C=O) groups is 3. The Morgan fingerprint density at radius 3 is 1.68 bits per heavy atom. The maximum atomic E-state index is 12.8. The highest BCUT2D eigenvalue weighted by Crippen LogP contribution is 2.34. The van der Waals surface area contributed by atoms with Crippen LogP contribution in [-0.2, 0) is 28.6 Å². The Morgan fingerprint density at radius 2 is 1.17 bits per heavy atom. The molecule has 2 unspecified atom stereocenters. The van der Waals surface area contributed by atoms with Gasteiger partial charge in [-0.1, -0.05) is 154 Å². The molecule has 0 saturated carbocycles. The number of nitrogens with zero attached hydrogens (tertiary/aromatic N) is 1. The summed E-state index contributed by atoms with van der Waals surface area (Å²) in [4.78, 5) is 38.3. The fourth-order valence-electron chi connectivity index (χ4n) is 5.90. The number of thioether (sulfide) groups is 1. The summed E-state index contributed by atoms with van der Waals surface area (Å²) in [6.45, 7) is 5.41. The highest BCUT2D eigenvalue weighted by atomic mass is 32.2. The van der Waals surface area contributed by atoms with Crippen molar-refractivity contribution in [2.45, 2.75) is 173 Å². The lowest BCUT2D eigenvalue weighted by Crippen LogP contribution is -2.31. The molecule has 0 aliphatic heterocycles. The number of ether oxygens (including phenoxy) is 3. The molecule has 0 spiro atoms. The van der Waals surface area contributed by atoms with E-state index in [-0.39, 0.29) is 44.9 Å². The van der Waals surface area contributed by atoms with Crippen molar-refractivity contribution in [3.63, 3.8) is 0 Å². The van der Waals surface area contributed by atoms with Gasteiger partial charge in [-0.3, -0.25) is 14.4 Å². The second-order valence-electron chi connectivity index (χ2n) is 14.9. The number of hydrogen-bond donors (Lipinski definition) is 0. The van der Waals surface area contributed by atoms with Gasteiger partial charge < -0.3 is 14.2 Å². The van der Waals surface area contributed by atoms with E-state index in [9.17, 15) is 19.6 Å². The average Bonchev–Trinajstić information content (AvgIpc) is 3.24. The normalized spacial score (nSPS) is 14.7. The van der Waals surface area contributed by atoms with E-state index in [0.29, 0.717) is 10.6 Å². The van der Waals surface area contributed by atoms with Crippen LogP contribution in [0.5, 0.6) is 0 Å². The van der Waals surface area contributed by atoms with Crippen LogP contribution in [0.2, 0.25) is 0 Å². The summed E-state index contributed by atoms with van der Waals surface area (Å²) in [5.41, 5.74) is 0.932. The summed E-state index contributed by atoms with van der Waals surface area (Å²) < 4.78 is 16.4. The fourth-order valence-corrected chi connectivity index (χ4v) is 7.53. The van der Waals surface area contributed by atoms with Gasteiger partial charge in [0.25, 0.3) is 0 Å². The number of thiocarbonyl (C=S) groups is 1. The van der Waals surface area contributed by atoms with Gasteiger partial charge in [0.1, 0.15) is 18.0 Å². The Hall–Kier alpha value is -3.74. The van der Waals surface area contributed by atoms with Crippen molar-refractivity contribution < 1.29 is 28.6 Å². The summed E-state index contributed by atoms with van der Waals surface area (Å²) in [5, 5.41) is 9.92. The van der Waals surface area contributed by atoms with Crippen LogP contribution in [0.25, 0.3) is 0 Å². The third kappa shape index (κ3) is 31.8. The van der Waals surface area contributed by atoms with Crippen LogP contribution in [0.15, 0.2) is 96.7 Å². The van der Waals surface area contributed by atoms with Crippen molar-refractivity contribution in [3.05, 3.63) is 96.7 Å². The van der Waals surface area contributed by atoms with E-state index >= 15 is 0 Å². The lowest BCUT2D eigenvalue weighted by Gasteiger charge is -2.22. The molecule has 0 amide bonds. The molecule has 9 heteroatoms. The van der Waals surface area contributed by atoms with E-state index in [1.165, 1.54) is 11.8 Å². The van der Waals surface area contributed by atoms with E-state index in [1.807, 2.05) is 19.9 Å². The third-order valence-electron chi connectivity index (χ3n) is 9.48. The predicted molar refractivity (Wildman–Crippen MR) is 251 cm³/mol. The van der Waals surface area contributed by atoms with Crippen molar-refractivity contribution in [2.75, 3.05) is 13.2 Å². The van der Waals surface area contributed by atoms with Gasteiger partial charge in [0.05, 0.1) is 10.3 Å². The second-order valence-corrected chi connectivity index (χ2v) is 17.1. The number of carbonyl (C=O) groups excluding carboxylic acids is 3. The topological polar surface area (TPSA) is 103 Å². The summed E-state index contributed by atoms with van der Waals surface area (Å²) >= 11 is 6.86. The number of allylic oxidation sites excluding steroid dienone is 15. The first-order valence-electron chi connectivity index (χ1n) is 22.1. The Morgan fingerprint density at radius 1 is 0.695 bits per heavy atom. The lowest BCUT2D eigenvalue weighted by molar-refractivity contribution is -0.167. The molecule has 0 aromatic heterocycles. The molecule has 0 aromatic carbocycles. The highest BCUT2D eigenvalue weighted by molar-refractivity contribution is 8.24. The van der Waals surface area contributed by atoms with Crippen LogP contribution in [0.4, 0.5) is 0 Å². The van der Waals surface area contributed by atoms with Crippen LogP contribution >= 0.6 is 24.0 Å². The minimum atomic E-state index is -0.913. The molecule has 2 atom stereocenters. The Kier molecular flexibility index (Phi) is 33.7. The summed E-state index contributed by atoms with van der Waals surface area (Å²) in [7, 11) is 0. The van der Waals surface area contributed by atoms with E-state index in [2.05, 4.69) is 91.1 Å².